The third-order valence-corrected chi connectivity index (χ3v) is 2.52. The molecule has 3 N–H and O–H groups in total. The van der Waals surface area contributed by atoms with E-state index in [4.69, 9.17) is 5.73 Å². The number of alkyl halides is 3. The monoisotopic (exact) mass is 310 g/mol. The van der Waals surface area contributed by atoms with Gasteiger partial charge < -0.3 is 11.1 Å². The van der Waals surface area contributed by atoms with Crippen LogP contribution in [0, 0.1) is 0 Å². The Bertz CT molecular complexity index is 410. The number of hydrogen-bond acceptors (Lipinski definition) is 2. The van der Waals surface area contributed by atoms with Crippen molar-refractivity contribution in [3.8, 4) is 0 Å². The van der Waals surface area contributed by atoms with Crippen molar-refractivity contribution in [2.45, 2.75) is 38.0 Å². The predicted molar refractivity (Wildman–Crippen MR) is 73.6 cm³/mol. The van der Waals surface area contributed by atoms with Crippen molar-refractivity contribution in [2.75, 3.05) is 0 Å². The van der Waals surface area contributed by atoms with E-state index in [0.717, 1.165) is 0 Å². The maximum absolute atomic E-state index is 12.9. The number of carbonyl (C=O) groups excluding carboxylic acids is 1. The number of hydrogen-bond donors (Lipinski definition) is 2. The molecule has 2 atom stereocenters. The second kappa shape index (κ2) is 8.11. The topological polar surface area (TPSA) is 55.1 Å². The smallest absolute Gasteiger partial charge is 0.344 e. The summed E-state index contributed by atoms with van der Waals surface area (Å²) in [5.41, 5.74) is 5.91. The van der Waals surface area contributed by atoms with Gasteiger partial charge in [-0.15, -0.1) is 12.4 Å². The van der Waals surface area contributed by atoms with E-state index in [1.165, 1.54) is 0 Å². The number of halogens is 4. The zero-order valence-electron chi connectivity index (χ0n) is 11.0. The van der Waals surface area contributed by atoms with E-state index < -0.39 is 24.2 Å². The number of nitrogens with two attached hydrogens (primary N) is 1. The van der Waals surface area contributed by atoms with Crippen LogP contribution >= 0.6 is 12.4 Å². The van der Waals surface area contributed by atoms with Crippen LogP contribution in [0.3, 0.4) is 0 Å². The SMILES string of the molecule is CC(N)CC(=O)NC(Cc1ccccc1)C(F)(F)F.Cl. The summed E-state index contributed by atoms with van der Waals surface area (Å²) in [6.45, 7) is 1.57. The van der Waals surface area contributed by atoms with Crippen molar-refractivity contribution >= 4 is 18.3 Å². The number of carbonyl (C=O) groups is 1. The molecule has 0 heterocycles. The molecule has 0 fully saturated rings. The standard InChI is InChI=1S/C13H17F3N2O.ClH/c1-9(17)7-12(19)18-11(13(14,15)16)8-10-5-3-2-4-6-10;/h2-6,9,11H,7-8,17H2,1H3,(H,18,19);1H. The first-order chi connectivity index (χ1) is 8.79. The van der Waals surface area contributed by atoms with Crippen LogP contribution < -0.4 is 11.1 Å². The van der Waals surface area contributed by atoms with Crippen LogP contribution in [0.1, 0.15) is 18.9 Å². The van der Waals surface area contributed by atoms with E-state index in [-0.39, 0.29) is 25.2 Å². The first kappa shape index (κ1) is 18.7. The van der Waals surface area contributed by atoms with Gasteiger partial charge in [-0.25, -0.2) is 0 Å². The van der Waals surface area contributed by atoms with Gasteiger partial charge >= 0.3 is 6.18 Å². The Kier molecular flexibility index (Phi) is 7.60. The lowest BCUT2D eigenvalue weighted by atomic mass is 10.1. The maximum Gasteiger partial charge on any atom is 0.408 e. The molecule has 1 aromatic carbocycles. The van der Waals surface area contributed by atoms with Crippen molar-refractivity contribution < 1.29 is 18.0 Å². The second-order valence-corrected chi connectivity index (χ2v) is 4.53. The minimum Gasteiger partial charge on any atom is -0.344 e. The molecule has 0 bridgehead atoms. The van der Waals surface area contributed by atoms with Gasteiger partial charge in [0, 0.05) is 18.9 Å². The highest BCUT2D eigenvalue weighted by atomic mass is 35.5. The molecular formula is C13H18ClF3N2O. The van der Waals surface area contributed by atoms with E-state index in [1.54, 1.807) is 37.3 Å². The molecule has 0 aliphatic rings. The fourth-order valence-corrected chi connectivity index (χ4v) is 1.64. The van der Waals surface area contributed by atoms with Crippen LogP contribution in [0.4, 0.5) is 13.2 Å². The van der Waals surface area contributed by atoms with Crippen molar-refractivity contribution in [2.24, 2.45) is 5.73 Å². The highest BCUT2D eigenvalue weighted by molar-refractivity contribution is 5.85. The van der Waals surface area contributed by atoms with Gasteiger partial charge in [0.25, 0.3) is 0 Å². The number of benzene rings is 1. The van der Waals surface area contributed by atoms with E-state index >= 15 is 0 Å². The molecule has 0 aromatic heterocycles. The lowest BCUT2D eigenvalue weighted by Gasteiger charge is -2.22. The van der Waals surface area contributed by atoms with Gasteiger partial charge in [0.05, 0.1) is 0 Å². The Hall–Kier alpha value is -1.27. The number of nitrogens with one attached hydrogen (secondary N) is 1. The quantitative estimate of drug-likeness (QED) is 0.877. The molecule has 20 heavy (non-hydrogen) atoms. The molecule has 0 saturated heterocycles. The summed E-state index contributed by atoms with van der Waals surface area (Å²) in [6, 6.07) is 5.87. The Morgan fingerprint density at radius 3 is 2.30 bits per heavy atom. The van der Waals surface area contributed by atoms with Crippen LogP contribution in [0.2, 0.25) is 0 Å². The van der Waals surface area contributed by atoms with E-state index in [0.29, 0.717) is 5.56 Å². The minimum absolute atomic E-state index is 0. The van der Waals surface area contributed by atoms with Crippen molar-refractivity contribution in [3.05, 3.63) is 35.9 Å². The Morgan fingerprint density at radius 2 is 1.85 bits per heavy atom. The molecule has 1 rings (SSSR count). The molecule has 0 aliphatic heterocycles. The van der Waals surface area contributed by atoms with E-state index in [1.807, 2.05) is 5.32 Å². The zero-order valence-corrected chi connectivity index (χ0v) is 11.8. The van der Waals surface area contributed by atoms with Gasteiger partial charge in [-0.1, -0.05) is 30.3 Å². The highest BCUT2D eigenvalue weighted by Gasteiger charge is 2.40. The Balaban J connectivity index is 0.00000361. The summed E-state index contributed by atoms with van der Waals surface area (Å²) in [5.74, 6) is -0.687. The largest absolute Gasteiger partial charge is 0.408 e. The third kappa shape index (κ3) is 6.77. The highest BCUT2D eigenvalue weighted by Crippen LogP contribution is 2.23. The fourth-order valence-electron chi connectivity index (χ4n) is 1.64. The lowest BCUT2D eigenvalue weighted by molar-refractivity contribution is -0.161. The van der Waals surface area contributed by atoms with Crippen LogP contribution in [-0.2, 0) is 11.2 Å². The average Bonchev–Trinajstić information content (AvgIpc) is 2.27. The van der Waals surface area contributed by atoms with Gasteiger partial charge in [-0.3, -0.25) is 4.79 Å². The van der Waals surface area contributed by atoms with E-state index in [9.17, 15) is 18.0 Å². The van der Waals surface area contributed by atoms with Crippen LogP contribution in [0.25, 0.3) is 0 Å². The zero-order chi connectivity index (χ0) is 14.5. The summed E-state index contributed by atoms with van der Waals surface area (Å²) in [6.07, 6.45) is -4.89. The second-order valence-electron chi connectivity index (χ2n) is 4.53. The molecule has 0 aliphatic carbocycles. The molecule has 0 spiro atoms. The Labute approximate surface area is 122 Å². The molecule has 114 valence electrons. The summed E-state index contributed by atoms with van der Waals surface area (Å²) < 4.78 is 38.6. The first-order valence-electron chi connectivity index (χ1n) is 5.94. The predicted octanol–water partition coefficient (Wildman–Crippen LogP) is 2.44. The van der Waals surface area contributed by atoms with Gasteiger partial charge in [0.1, 0.15) is 6.04 Å². The summed E-state index contributed by atoms with van der Waals surface area (Å²) in [5, 5.41) is 1.99. The van der Waals surface area contributed by atoms with Gasteiger partial charge in [0.2, 0.25) is 5.91 Å². The molecule has 2 unspecified atom stereocenters. The van der Waals surface area contributed by atoms with Crippen LogP contribution in [0.5, 0.6) is 0 Å². The molecule has 0 saturated carbocycles. The van der Waals surface area contributed by atoms with E-state index in [2.05, 4.69) is 0 Å². The van der Waals surface area contributed by atoms with Crippen molar-refractivity contribution in [1.29, 1.82) is 0 Å². The molecule has 3 nitrogen and oxygen atoms in total. The fraction of sp³-hybridized carbons (Fsp3) is 0.462. The molecule has 7 heteroatoms. The lowest BCUT2D eigenvalue weighted by Crippen LogP contribution is -2.47. The normalized spacial score (nSPS) is 14.1. The Morgan fingerprint density at radius 1 is 1.30 bits per heavy atom. The van der Waals surface area contributed by atoms with Crippen LogP contribution in [0.15, 0.2) is 30.3 Å². The minimum atomic E-state index is -4.48. The van der Waals surface area contributed by atoms with Crippen LogP contribution in [-0.4, -0.2) is 24.2 Å². The maximum atomic E-state index is 12.9. The summed E-state index contributed by atoms with van der Waals surface area (Å²) >= 11 is 0. The molecular weight excluding hydrogens is 293 g/mol. The molecule has 1 amide bonds. The van der Waals surface area contributed by atoms with Crippen molar-refractivity contribution in [1.82, 2.24) is 5.32 Å². The van der Waals surface area contributed by atoms with Gasteiger partial charge in [0.15, 0.2) is 0 Å². The van der Waals surface area contributed by atoms with Gasteiger partial charge in [-0.2, -0.15) is 13.2 Å². The third-order valence-electron chi connectivity index (χ3n) is 2.52. The average molecular weight is 311 g/mol. The molecule has 0 radical (unpaired) electrons. The van der Waals surface area contributed by atoms with Gasteiger partial charge in [-0.05, 0) is 12.5 Å². The molecule has 1 aromatic rings. The summed E-state index contributed by atoms with van der Waals surface area (Å²) in [7, 11) is 0. The summed E-state index contributed by atoms with van der Waals surface area (Å²) in [4.78, 5) is 11.4. The number of rotatable bonds is 5. The number of amides is 1. The van der Waals surface area contributed by atoms with Crippen molar-refractivity contribution in [3.63, 3.8) is 0 Å². The first-order valence-corrected chi connectivity index (χ1v) is 5.94.